The van der Waals surface area contributed by atoms with Gasteiger partial charge in [-0.3, -0.25) is 4.79 Å². The van der Waals surface area contributed by atoms with Crippen molar-refractivity contribution in [3.63, 3.8) is 0 Å². The van der Waals surface area contributed by atoms with E-state index in [9.17, 15) is 4.79 Å². The normalized spacial score (nSPS) is 11.4. The van der Waals surface area contributed by atoms with Gasteiger partial charge >= 0.3 is 5.97 Å². The number of nitrogens with one attached hydrogen (secondary N) is 1. The Kier molecular flexibility index (Phi) is 5.63. The zero-order valence-electron chi connectivity index (χ0n) is 11.5. The number of hydrogen-bond acceptors (Lipinski definition) is 3. The van der Waals surface area contributed by atoms with Gasteiger partial charge in [-0.25, -0.2) is 0 Å². The van der Waals surface area contributed by atoms with Gasteiger partial charge in [0.1, 0.15) is 12.4 Å². The molecule has 0 aliphatic rings. The summed E-state index contributed by atoms with van der Waals surface area (Å²) in [5.74, 6) is -0.214. The van der Waals surface area contributed by atoms with Crippen molar-refractivity contribution in [1.82, 2.24) is 5.32 Å². The van der Waals surface area contributed by atoms with E-state index in [1.54, 1.807) is 26.0 Å². The lowest BCUT2D eigenvalue weighted by molar-refractivity contribution is -0.148. The highest BCUT2D eigenvalue weighted by Crippen LogP contribution is 2.25. The number of carboxylic acid groups (broad SMARTS) is 1. The van der Waals surface area contributed by atoms with Crippen LogP contribution >= 0.6 is 11.6 Å². The van der Waals surface area contributed by atoms with Gasteiger partial charge < -0.3 is 15.2 Å². The molecule has 106 valence electrons. The molecule has 0 saturated carbocycles. The molecule has 0 radical (unpaired) electrons. The molecule has 0 aliphatic carbocycles. The summed E-state index contributed by atoms with van der Waals surface area (Å²) in [4.78, 5) is 11.0. The maximum absolute atomic E-state index is 11.0. The minimum Gasteiger partial charge on any atom is -0.492 e. The average Bonchev–Trinajstić information content (AvgIpc) is 2.35. The highest BCUT2D eigenvalue weighted by atomic mass is 35.5. The van der Waals surface area contributed by atoms with Gasteiger partial charge in [0, 0.05) is 17.1 Å². The van der Waals surface area contributed by atoms with Gasteiger partial charge in [0.25, 0.3) is 0 Å². The fourth-order valence-electron chi connectivity index (χ4n) is 1.41. The first-order valence-electron chi connectivity index (χ1n) is 6.22. The van der Waals surface area contributed by atoms with E-state index in [0.717, 1.165) is 12.1 Å². The van der Waals surface area contributed by atoms with Crippen molar-refractivity contribution in [3.8, 4) is 5.75 Å². The van der Waals surface area contributed by atoms with E-state index in [1.165, 1.54) is 0 Å². The molecule has 0 heterocycles. The van der Waals surface area contributed by atoms with Crippen LogP contribution in [0.2, 0.25) is 5.02 Å². The van der Waals surface area contributed by atoms with Gasteiger partial charge in [0.15, 0.2) is 0 Å². The quantitative estimate of drug-likeness (QED) is 0.809. The average molecular weight is 286 g/mol. The Hall–Kier alpha value is -1.26. The van der Waals surface area contributed by atoms with E-state index in [0.29, 0.717) is 17.3 Å². The van der Waals surface area contributed by atoms with Gasteiger partial charge in [-0.1, -0.05) is 18.5 Å². The highest BCUT2D eigenvalue weighted by molar-refractivity contribution is 6.30. The molecule has 0 bridgehead atoms. The largest absolute Gasteiger partial charge is 0.492 e. The standard InChI is InChI=1S/C14H20ClNO3/c1-4-16-8-10-7-11(15)5-6-12(10)19-9-14(2,3)13(17)18/h5-7,16H,4,8-9H2,1-3H3,(H,17,18). The molecule has 0 amide bonds. The first kappa shape index (κ1) is 15.8. The Morgan fingerprint density at radius 3 is 2.74 bits per heavy atom. The van der Waals surface area contributed by atoms with Crippen LogP contribution < -0.4 is 10.1 Å². The zero-order valence-corrected chi connectivity index (χ0v) is 12.3. The summed E-state index contributed by atoms with van der Waals surface area (Å²) < 4.78 is 5.64. The van der Waals surface area contributed by atoms with Crippen LogP contribution in [-0.2, 0) is 11.3 Å². The van der Waals surface area contributed by atoms with E-state index in [-0.39, 0.29) is 6.61 Å². The Labute approximate surface area is 118 Å². The van der Waals surface area contributed by atoms with Crippen molar-refractivity contribution in [2.75, 3.05) is 13.2 Å². The van der Waals surface area contributed by atoms with Crippen molar-refractivity contribution in [2.45, 2.75) is 27.3 Å². The van der Waals surface area contributed by atoms with Crippen LogP contribution in [0.3, 0.4) is 0 Å². The number of aliphatic carboxylic acids is 1. The Morgan fingerprint density at radius 1 is 1.47 bits per heavy atom. The Balaban J connectivity index is 2.79. The molecular weight excluding hydrogens is 266 g/mol. The van der Waals surface area contributed by atoms with Crippen LogP contribution in [-0.4, -0.2) is 24.2 Å². The minimum absolute atomic E-state index is 0.114. The summed E-state index contributed by atoms with van der Waals surface area (Å²) >= 11 is 5.96. The summed E-state index contributed by atoms with van der Waals surface area (Å²) in [5.41, 5.74) is 0.00489. The second-order valence-corrected chi connectivity index (χ2v) is 5.45. The van der Waals surface area contributed by atoms with Crippen LogP contribution in [0.1, 0.15) is 26.3 Å². The third kappa shape index (κ3) is 4.73. The van der Waals surface area contributed by atoms with Crippen LogP contribution in [0.15, 0.2) is 18.2 Å². The van der Waals surface area contributed by atoms with E-state index in [1.807, 2.05) is 13.0 Å². The number of carboxylic acids is 1. The number of rotatable bonds is 7. The third-order valence-corrected chi connectivity index (χ3v) is 2.99. The number of hydrogen-bond donors (Lipinski definition) is 2. The number of ether oxygens (including phenoxy) is 1. The summed E-state index contributed by atoms with van der Waals surface area (Å²) in [6.07, 6.45) is 0. The molecule has 4 nitrogen and oxygen atoms in total. The van der Waals surface area contributed by atoms with Gasteiger partial charge in [0.05, 0.1) is 5.41 Å². The third-order valence-electron chi connectivity index (χ3n) is 2.76. The molecule has 0 fully saturated rings. The molecule has 0 aromatic heterocycles. The van der Waals surface area contributed by atoms with E-state index < -0.39 is 11.4 Å². The number of halogens is 1. The first-order valence-corrected chi connectivity index (χ1v) is 6.60. The lowest BCUT2D eigenvalue weighted by Crippen LogP contribution is -2.31. The van der Waals surface area contributed by atoms with Gasteiger partial charge in [-0.15, -0.1) is 0 Å². The lowest BCUT2D eigenvalue weighted by Gasteiger charge is -2.21. The molecule has 5 heteroatoms. The van der Waals surface area contributed by atoms with Gasteiger partial charge in [-0.2, -0.15) is 0 Å². The molecule has 0 spiro atoms. The lowest BCUT2D eigenvalue weighted by atomic mass is 9.95. The Bertz CT molecular complexity index is 446. The summed E-state index contributed by atoms with van der Waals surface area (Å²) in [6.45, 7) is 6.87. The molecule has 0 aliphatic heterocycles. The Morgan fingerprint density at radius 2 is 2.16 bits per heavy atom. The molecule has 0 saturated heterocycles. The van der Waals surface area contributed by atoms with E-state index in [4.69, 9.17) is 21.4 Å². The van der Waals surface area contributed by atoms with Crippen molar-refractivity contribution >= 4 is 17.6 Å². The summed E-state index contributed by atoms with van der Waals surface area (Å²) in [7, 11) is 0. The number of carbonyl (C=O) groups is 1. The molecule has 1 aromatic rings. The van der Waals surface area contributed by atoms with E-state index in [2.05, 4.69) is 5.32 Å². The van der Waals surface area contributed by atoms with Gasteiger partial charge in [-0.05, 0) is 38.6 Å². The predicted octanol–water partition coefficient (Wildman–Crippen LogP) is 2.94. The van der Waals surface area contributed by atoms with Crippen molar-refractivity contribution in [1.29, 1.82) is 0 Å². The highest BCUT2D eigenvalue weighted by Gasteiger charge is 2.28. The first-order chi connectivity index (χ1) is 8.86. The van der Waals surface area contributed by atoms with Crippen LogP contribution in [0.4, 0.5) is 0 Å². The molecule has 0 unspecified atom stereocenters. The van der Waals surface area contributed by atoms with Gasteiger partial charge in [0.2, 0.25) is 0 Å². The maximum atomic E-state index is 11.0. The maximum Gasteiger partial charge on any atom is 0.312 e. The fraction of sp³-hybridized carbons (Fsp3) is 0.500. The van der Waals surface area contributed by atoms with Crippen molar-refractivity contribution in [2.24, 2.45) is 5.41 Å². The van der Waals surface area contributed by atoms with Crippen molar-refractivity contribution < 1.29 is 14.6 Å². The molecule has 19 heavy (non-hydrogen) atoms. The summed E-state index contributed by atoms with van der Waals surface area (Å²) in [6, 6.07) is 5.33. The SMILES string of the molecule is CCNCc1cc(Cl)ccc1OCC(C)(C)C(=O)O. The predicted molar refractivity (Wildman–Crippen MR) is 75.7 cm³/mol. The van der Waals surface area contributed by atoms with Crippen LogP contribution in [0.5, 0.6) is 5.75 Å². The second kappa shape index (κ2) is 6.78. The topological polar surface area (TPSA) is 58.6 Å². The zero-order chi connectivity index (χ0) is 14.5. The molecular formula is C14H20ClNO3. The molecule has 0 atom stereocenters. The summed E-state index contributed by atoms with van der Waals surface area (Å²) in [5, 5.41) is 12.9. The molecule has 1 aromatic carbocycles. The molecule has 1 rings (SSSR count). The fourth-order valence-corrected chi connectivity index (χ4v) is 1.60. The van der Waals surface area contributed by atoms with E-state index >= 15 is 0 Å². The van der Waals surface area contributed by atoms with Crippen molar-refractivity contribution in [3.05, 3.63) is 28.8 Å². The minimum atomic E-state index is -0.922. The van der Waals surface area contributed by atoms with Crippen LogP contribution in [0.25, 0.3) is 0 Å². The second-order valence-electron chi connectivity index (χ2n) is 5.01. The number of benzene rings is 1. The smallest absolute Gasteiger partial charge is 0.312 e. The van der Waals surface area contributed by atoms with Crippen LogP contribution in [0, 0.1) is 5.41 Å². The molecule has 2 N–H and O–H groups in total. The monoisotopic (exact) mass is 285 g/mol.